The molecule has 0 aliphatic rings. The van der Waals surface area contributed by atoms with Gasteiger partial charge in [-0.05, 0) is 90.1 Å². The van der Waals surface area contributed by atoms with Crippen molar-refractivity contribution in [3.05, 3.63) is 35.4 Å². The van der Waals surface area contributed by atoms with Gasteiger partial charge in [0.2, 0.25) is 0 Å². The van der Waals surface area contributed by atoms with E-state index in [-0.39, 0.29) is 0 Å². The zero-order valence-electron chi connectivity index (χ0n) is 12.4. The molecule has 0 amide bonds. The number of terminal acetylenes is 1. The van der Waals surface area contributed by atoms with Gasteiger partial charge in [0, 0.05) is 11.1 Å². The van der Waals surface area contributed by atoms with Gasteiger partial charge in [0.05, 0.1) is 0 Å². The first-order valence-electron chi connectivity index (χ1n) is 6.37. The molecule has 1 aromatic carbocycles. The maximum absolute atomic E-state index is 4.98. The molecule has 0 aliphatic heterocycles. The first kappa shape index (κ1) is 16.8. The molecule has 0 saturated carbocycles. The van der Waals surface area contributed by atoms with Gasteiger partial charge in [-0.15, -0.1) is 6.42 Å². The molecular weight excluding hydrogens is 276 g/mol. The van der Waals surface area contributed by atoms with Gasteiger partial charge in [-0.2, -0.15) is 0 Å². The van der Waals surface area contributed by atoms with Crippen LogP contribution in [0.2, 0.25) is 0 Å². The van der Waals surface area contributed by atoms with Gasteiger partial charge < -0.3 is 0 Å². The largest absolute Gasteiger partial charge is 0.106 e. The Bertz CT molecular complexity index is 1050. The van der Waals surface area contributed by atoms with Crippen LogP contribution < -0.4 is 0 Å². The van der Waals surface area contributed by atoms with Crippen LogP contribution in [0.15, 0.2) is 24.3 Å². The normalized spacial score (nSPS) is 5.74. The summed E-state index contributed by atoms with van der Waals surface area (Å²) < 4.78 is 0. The second kappa shape index (κ2) is 11.5. The monoisotopic (exact) mass is 284 g/mol. The lowest BCUT2D eigenvalue weighted by atomic mass is 10.1. The van der Waals surface area contributed by atoms with Crippen molar-refractivity contribution in [3.8, 4) is 95.2 Å². The Morgan fingerprint density at radius 2 is 1.04 bits per heavy atom. The summed E-state index contributed by atoms with van der Waals surface area (Å²) in [5.74, 6) is 39.1. The van der Waals surface area contributed by atoms with E-state index in [1.807, 2.05) is 24.3 Å². The molecule has 0 saturated heterocycles. The molecule has 0 atom stereocenters. The summed E-state index contributed by atoms with van der Waals surface area (Å²) in [7, 11) is 0. The van der Waals surface area contributed by atoms with Crippen LogP contribution in [0.5, 0.6) is 0 Å². The molecule has 0 spiro atoms. The van der Waals surface area contributed by atoms with Crippen LogP contribution in [0.25, 0.3) is 0 Å². The first-order chi connectivity index (χ1) is 11.4. The fourth-order valence-electron chi connectivity index (χ4n) is 1.22. The predicted octanol–water partition coefficient (Wildman–Crippen LogP) is 2.06. The van der Waals surface area contributed by atoms with Crippen LogP contribution >= 0.6 is 0 Å². The van der Waals surface area contributed by atoms with Crippen molar-refractivity contribution in [2.75, 3.05) is 0 Å². The molecule has 0 nitrogen and oxygen atoms in total. The molecule has 0 fully saturated rings. The first-order valence-corrected chi connectivity index (χ1v) is 6.37. The average molecular weight is 284 g/mol. The Morgan fingerprint density at radius 1 is 0.609 bits per heavy atom. The van der Waals surface area contributed by atoms with Crippen molar-refractivity contribution in [1.82, 2.24) is 0 Å². The third-order valence-electron chi connectivity index (χ3n) is 2.08. The number of hydrogen-bond acceptors (Lipinski definition) is 0. The van der Waals surface area contributed by atoms with E-state index in [1.165, 1.54) is 0 Å². The second-order valence-electron chi connectivity index (χ2n) is 3.56. The van der Waals surface area contributed by atoms with Crippen LogP contribution in [0, 0.1) is 95.2 Å². The Hall–Kier alpha value is -4.30. The van der Waals surface area contributed by atoms with Gasteiger partial charge in [-0.25, -0.2) is 0 Å². The molecule has 0 N–H and O–H groups in total. The van der Waals surface area contributed by atoms with Gasteiger partial charge in [0.15, 0.2) is 0 Å². The molecule has 23 heavy (non-hydrogen) atoms. The smallest absolute Gasteiger partial charge is 0.0412 e. The van der Waals surface area contributed by atoms with Crippen molar-refractivity contribution >= 4 is 0 Å². The highest BCUT2D eigenvalue weighted by Gasteiger charge is 1.93. The third-order valence-corrected chi connectivity index (χ3v) is 2.08. The Balaban J connectivity index is 2.93. The summed E-state index contributed by atoms with van der Waals surface area (Å²) >= 11 is 0. The number of rotatable bonds is 0. The Labute approximate surface area is 138 Å². The highest BCUT2D eigenvalue weighted by Crippen LogP contribution is 2.04. The summed E-state index contributed by atoms with van der Waals surface area (Å²) in [6.07, 6.45) is 4.98. The molecule has 0 heteroatoms. The van der Waals surface area contributed by atoms with Crippen molar-refractivity contribution in [2.24, 2.45) is 0 Å². The van der Waals surface area contributed by atoms with Crippen molar-refractivity contribution in [3.63, 3.8) is 0 Å². The molecule has 1 rings (SSSR count). The molecule has 0 unspecified atom stereocenters. The zero-order valence-corrected chi connectivity index (χ0v) is 12.4. The van der Waals surface area contributed by atoms with Crippen LogP contribution in [-0.4, -0.2) is 0 Å². The van der Waals surface area contributed by atoms with Crippen molar-refractivity contribution in [1.29, 1.82) is 0 Å². The van der Waals surface area contributed by atoms with Crippen LogP contribution in [0.1, 0.15) is 18.1 Å². The van der Waals surface area contributed by atoms with E-state index in [1.54, 1.807) is 6.92 Å². The summed E-state index contributed by atoms with van der Waals surface area (Å²) in [4.78, 5) is 0. The molecule has 1 aromatic rings. The minimum atomic E-state index is 0.768. The number of hydrogen-bond donors (Lipinski definition) is 0. The van der Waals surface area contributed by atoms with E-state index in [2.05, 4.69) is 88.8 Å². The van der Waals surface area contributed by atoms with E-state index < -0.39 is 0 Å². The van der Waals surface area contributed by atoms with Crippen molar-refractivity contribution < 1.29 is 0 Å². The van der Waals surface area contributed by atoms with Crippen LogP contribution in [-0.2, 0) is 0 Å². The van der Waals surface area contributed by atoms with Crippen LogP contribution in [0.4, 0.5) is 0 Å². The molecule has 0 heterocycles. The highest BCUT2D eigenvalue weighted by molar-refractivity contribution is 5.54. The van der Waals surface area contributed by atoms with E-state index in [9.17, 15) is 0 Å². The summed E-state index contributed by atoms with van der Waals surface area (Å²) in [6.45, 7) is 1.71. The zero-order chi connectivity index (χ0) is 16.6. The summed E-state index contributed by atoms with van der Waals surface area (Å²) in [5, 5.41) is 0. The Kier molecular flexibility index (Phi) is 8.39. The highest BCUT2D eigenvalue weighted by atomic mass is 13.9. The minimum absolute atomic E-state index is 0.768. The van der Waals surface area contributed by atoms with Gasteiger partial charge >= 0.3 is 0 Å². The standard InChI is InChI=1S/C23H8/c1-3-5-7-9-11-13-15-19-23-21-17-16-20-22(23)18-14-12-10-8-6-4-2/h2,16-17,20-21H,1H3. The minimum Gasteiger partial charge on any atom is -0.106 e. The van der Waals surface area contributed by atoms with E-state index in [0.717, 1.165) is 11.1 Å². The lowest BCUT2D eigenvalue weighted by Gasteiger charge is -1.93. The van der Waals surface area contributed by atoms with Gasteiger partial charge in [0.1, 0.15) is 0 Å². The van der Waals surface area contributed by atoms with E-state index in [0.29, 0.717) is 0 Å². The van der Waals surface area contributed by atoms with Gasteiger partial charge in [-0.1, -0.05) is 29.9 Å². The fraction of sp³-hybridized carbons (Fsp3) is 0.0435. The summed E-state index contributed by atoms with van der Waals surface area (Å²) in [6, 6.07) is 7.47. The maximum Gasteiger partial charge on any atom is 0.0412 e. The van der Waals surface area contributed by atoms with E-state index >= 15 is 0 Å². The van der Waals surface area contributed by atoms with Crippen molar-refractivity contribution in [2.45, 2.75) is 6.92 Å². The number of benzene rings is 1. The molecule has 0 aliphatic carbocycles. The molecule has 0 bridgehead atoms. The second-order valence-corrected chi connectivity index (χ2v) is 3.56. The quantitative estimate of drug-likeness (QED) is 0.640. The molecule has 0 aromatic heterocycles. The predicted molar refractivity (Wildman–Crippen MR) is 93.6 cm³/mol. The Morgan fingerprint density at radius 3 is 1.52 bits per heavy atom. The lowest BCUT2D eigenvalue weighted by Crippen LogP contribution is -1.81. The van der Waals surface area contributed by atoms with Gasteiger partial charge in [0.25, 0.3) is 0 Å². The SMILES string of the molecule is C#CC#CC#CC#Cc1ccccc1C#CC#CC#CC#CC. The average Bonchev–Trinajstić information content (AvgIpc) is 2.58. The fourth-order valence-corrected chi connectivity index (χ4v) is 1.22. The molecule has 0 radical (unpaired) electrons. The third kappa shape index (κ3) is 7.77. The molecular formula is C23H8. The maximum atomic E-state index is 4.98. The van der Waals surface area contributed by atoms with Crippen LogP contribution in [0.3, 0.4) is 0 Å². The van der Waals surface area contributed by atoms with E-state index in [4.69, 9.17) is 6.42 Å². The van der Waals surface area contributed by atoms with Gasteiger partial charge in [-0.3, -0.25) is 0 Å². The molecule has 100 valence electrons. The lowest BCUT2D eigenvalue weighted by molar-refractivity contribution is 1.59. The summed E-state index contributed by atoms with van der Waals surface area (Å²) in [5.41, 5.74) is 1.54. The topological polar surface area (TPSA) is 0 Å².